The molecular formula is C10H22O. The third-order valence-electron chi connectivity index (χ3n) is 2.35. The van der Waals surface area contributed by atoms with Gasteiger partial charge in [-0.15, -0.1) is 0 Å². The maximum absolute atomic E-state index is 5.18. The van der Waals surface area contributed by atoms with Crippen LogP contribution in [0.25, 0.3) is 0 Å². The Labute approximate surface area is 71.1 Å². The second-order valence-electron chi connectivity index (χ2n) is 3.10. The van der Waals surface area contributed by atoms with Crippen molar-refractivity contribution in [2.45, 2.75) is 47.0 Å². The first kappa shape index (κ1) is 11.0. The molecule has 11 heavy (non-hydrogen) atoms. The van der Waals surface area contributed by atoms with Gasteiger partial charge in [0.05, 0.1) is 13.2 Å². The fraction of sp³-hybridized carbons (Fsp3) is 1.00. The summed E-state index contributed by atoms with van der Waals surface area (Å²) in [5, 5.41) is 0. The molecule has 0 N–H and O–H groups in total. The van der Waals surface area contributed by atoms with Crippen molar-refractivity contribution in [3.05, 3.63) is 0 Å². The molecule has 0 saturated carbocycles. The molecule has 1 aliphatic rings. The van der Waals surface area contributed by atoms with Crippen molar-refractivity contribution in [3.8, 4) is 0 Å². The lowest BCUT2D eigenvalue weighted by Crippen LogP contribution is -2.41. The van der Waals surface area contributed by atoms with Crippen LogP contribution in [0.2, 0.25) is 0 Å². The van der Waals surface area contributed by atoms with Crippen LogP contribution in [0.15, 0.2) is 0 Å². The molecule has 0 aromatic carbocycles. The second kappa shape index (κ2) is 5.59. The van der Waals surface area contributed by atoms with Crippen molar-refractivity contribution in [2.24, 2.45) is 5.41 Å². The monoisotopic (exact) mass is 158 g/mol. The molecule has 0 unspecified atom stereocenters. The van der Waals surface area contributed by atoms with Gasteiger partial charge >= 0.3 is 0 Å². The van der Waals surface area contributed by atoms with Crippen LogP contribution in [0.1, 0.15) is 47.0 Å². The number of hydrogen-bond donors (Lipinski definition) is 0. The summed E-state index contributed by atoms with van der Waals surface area (Å²) in [6.07, 6.45) is 3.95. The molecule has 1 aliphatic heterocycles. The molecule has 68 valence electrons. The Kier molecular flexibility index (Phi) is 5.57. The SMILES string of the molecule is CC.CCCC1(CC)COC1. The molecule has 1 heterocycles. The Morgan fingerprint density at radius 2 is 1.73 bits per heavy atom. The van der Waals surface area contributed by atoms with Gasteiger partial charge in [0.2, 0.25) is 0 Å². The van der Waals surface area contributed by atoms with Crippen molar-refractivity contribution < 1.29 is 4.74 Å². The fourth-order valence-electron chi connectivity index (χ4n) is 1.45. The lowest BCUT2D eigenvalue weighted by atomic mass is 9.79. The van der Waals surface area contributed by atoms with Gasteiger partial charge < -0.3 is 4.74 Å². The van der Waals surface area contributed by atoms with Gasteiger partial charge in [0.25, 0.3) is 0 Å². The summed E-state index contributed by atoms with van der Waals surface area (Å²) in [6, 6.07) is 0. The van der Waals surface area contributed by atoms with E-state index < -0.39 is 0 Å². The molecule has 0 aromatic heterocycles. The molecule has 0 spiro atoms. The minimum Gasteiger partial charge on any atom is -0.380 e. The van der Waals surface area contributed by atoms with Crippen molar-refractivity contribution in [1.29, 1.82) is 0 Å². The molecule has 0 aliphatic carbocycles. The van der Waals surface area contributed by atoms with Gasteiger partial charge in [-0.1, -0.05) is 34.1 Å². The zero-order valence-electron chi connectivity index (χ0n) is 8.44. The maximum Gasteiger partial charge on any atom is 0.0544 e. The average Bonchev–Trinajstić information content (AvgIpc) is 2.01. The molecule has 0 radical (unpaired) electrons. The molecule has 0 atom stereocenters. The van der Waals surface area contributed by atoms with Gasteiger partial charge in [-0.3, -0.25) is 0 Å². The predicted octanol–water partition coefficient (Wildman–Crippen LogP) is 3.24. The normalized spacial score (nSPS) is 19.6. The van der Waals surface area contributed by atoms with Crippen LogP contribution in [0.3, 0.4) is 0 Å². The average molecular weight is 158 g/mol. The van der Waals surface area contributed by atoms with E-state index >= 15 is 0 Å². The minimum atomic E-state index is 0.592. The lowest BCUT2D eigenvalue weighted by molar-refractivity contribution is -0.119. The van der Waals surface area contributed by atoms with Crippen LogP contribution in [0.4, 0.5) is 0 Å². The van der Waals surface area contributed by atoms with Gasteiger partial charge in [0.15, 0.2) is 0 Å². The van der Waals surface area contributed by atoms with E-state index in [-0.39, 0.29) is 0 Å². The Hall–Kier alpha value is -0.0400. The number of rotatable bonds is 3. The van der Waals surface area contributed by atoms with Gasteiger partial charge in [-0.05, 0) is 12.8 Å². The summed E-state index contributed by atoms with van der Waals surface area (Å²) in [7, 11) is 0. The minimum absolute atomic E-state index is 0.592. The highest BCUT2D eigenvalue weighted by atomic mass is 16.5. The molecule has 0 bridgehead atoms. The van der Waals surface area contributed by atoms with Crippen LogP contribution in [-0.2, 0) is 4.74 Å². The highest BCUT2D eigenvalue weighted by molar-refractivity contribution is 4.83. The van der Waals surface area contributed by atoms with Crippen molar-refractivity contribution in [1.82, 2.24) is 0 Å². The van der Waals surface area contributed by atoms with Gasteiger partial charge in [-0.2, -0.15) is 0 Å². The van der Waals surface area contributed by atoms with Crippen molar-refractivity contribution in [2.75, 3.05) is 13.2 Å². The third kappa shape index (κ3) is 2.82. The molecule has 1 heteroatoms. The van der Waals surface area contributed by atoms with Crippen LogP contribution in [0.5, 0.6) is 0 Å². The molecule has 0 aromatic rings. The summed E-state index contributed by atoms with van der Waals surface area (Å²) in [5.41, 5.74) is 0.592. The first-order valence-electron chi connectivity index (χ1n) is 4.91. The van der Waals surface area contributed by atoms with E-state index in [0.29, 0.717) is 5.41 Å². The van der Waals surface area contributed by atoms with Crippen molar-refractivity contribution in [3.63, 3.8) is 0 Å². The molecule has 1 nitrogen and oxygen atoms in total. The zero-order valence-corrected chi connectivity index (χ0v) is 8.44. The van der Waals surface area contributed by atoms with E-state index in [1.807, 2.05) is 13.8 Å². The second-order valence-corrected chi connectivity index (χ2v) is 3.10. The van der Waals surface area contributed by atoms with E-state index in [0.717, 1.165) is 13.2 Å². The van der Waals surface area contributed by atoms with Gasteiger partial charge in [0, 0.05) is 5.41 Å². The van der Waals surface area contributed by atoms with Crippen LogP contribution >= 0.6 is 0 Å². The van der Waals surface area contributed by atoms with Crippen molar-refractivity contribution >= 4 is 0 Å². The van der Waals surface area contributed by atoms with Crippen LogP contribution in [0, 0.1) is 5.41 Å². The summed E-state index contributed by atoms with van der Waals surface area (Å²) in [6.45, 7) is 10.5. The van der Waals surface area contributed by atoms with Crippen LogP contribution in [-0.4, -0.2) is 13.2 Å². The van der Waals surface area contributed by atoms with Gasteiger partial charge in [0.1, 0.15) is 0 Å². The fourth-order valence-corrected chi connectivity index (χ4v) is 1.45. The maximum atomic E-state index is 5.18. The van der Waals surface area contributed by atoms with Gasteiger partial charge in [-0.25, -0.2) is 0 Å². The third-order valence-corrected chi connectivity index (χ3v) is 2.35. The number of ether oxygens (including phenoxy) is 1. The standard InChI is InChI=1S/C8H16O.C2H6/c1-3-5-8(4-2)6-9-7-8;1-2/h3-7H2,1-2H3;1-2H3. The van der Waals surface area contributed by atoms with E-state index in [9.17, 15) is 0 Å². The first-order chi connectivity index (χ1) is 5.33. The highest BCUT2D eigenvalue weighted by Gasteiger charge is 2.35. The van der Waals surface area contributed by atoms with E-state index in [1.165, 1.54) is 19.3 Å². The molecule has 0 amide bonds. The van der Waals surface area contributed by atoms with E-state index in [1.54, 1.807) is 0 Å². The topological polar surface area (TPSA) is 9.23 Å². The molecule has 1 rings (SSSR count). The Morgan fingerprint density at radius 3 is 1.82 bits per heavy atom. The first-order valence-corrected chi connectivity index (χ1v) is 4.91. The highest BCUT2D eigenvalue weighted by Crippen LogP contribution is 2.35. The Balaban J connectivity index is 0.000000461. The summed E-state index contributed by atoms with van der Waals surface area (Å²) in [4.78, 5) is 0. The molecule has 1 saturated heterocycles. The summed E-state index contributed by atoms with van der Waals surface area (Å²) >= 11 is 0. The predicted molar refractivity (Wildman–Crippen MR) is 49.8 cm³/mol. The molecule has 1 fully saturated rings. The van der Waals surface area contributed by atoms with E-state index in [2.05, 4.69) is 13.8 Å². The van der Waals surface area contributed by atoms with Crippen LogP contribution < -0.4 is 0 Å². The quantitative estimate of drug-likeness (QED) is 0.612. The van der Waals surface area contributed by atoms with E-state index in [4.69, 9.17) is 4.74 Å². The lowest BCUT2D eigenvalue weighted by Gasteiger charge is -2.40. The molecular weight excluding hydrogens is 136 g/mol. The summed E-state index contributed by atoms with van der Waals surface area (Å²) < 4.78 is 5.18. The smallest absolute Gasteiger partial charge is 0.0544 e. The Bertz CT molecular complexity index is 79.4. The summed E-state index contributed by atoms with van der Waals surface area (Å²) in [5.74, 6) is 0. The largest absolute Gasteiger partial charge is 0.380 e. The Morgan fingerprint density at radius 1 is 1.18 bits per heavy atom. The zero-order chi connectivity index (χ0) is 8.74. The number of hydrogen-bond acceptors (Lipinski definition) is 1.